The van der Waals surface area contributed by atoms with E-state index in [0.29, 0.717) is 12.3 Å². The molecule has 0 aliphatic rings. The van der Waals surface area contributed by atoms with Crippen molar-refractivity contribution < 1.29 is 14.5 Å². The van der Waals surface area contributed by atoms with E-state index >= 15 is 0 Å². The summed E-state index contributed by atoms with van der Waals surface area (Å²) in [6, 6.07) is 9.42. The van der Waals surface area contributed by atoms with Gasteiger partial charge in [-0.3, -0.25) is 14.9 Å². The summed E-state index contributed by atoms with van der Waals surface area (Å²) < 4.78 is 6.26. The number of hydrogen-bond acceptors (Lipinski definition) is 5. The van der Waals surface area contributed by atoms with Gasteiger partial charge in [0, 0.05) is 17.0 Å². The number of nitro benzene ring substituents is 1. The van der Waals surface area contributed by atoms with Crippen LogP contribution in [0.25, 0.3) is 0 Å². The second-order valence-electron chi connectivity index (χ2n) is 4.02. The third kappa shape index (κ3) is 4.83. The van der Waals surface area contributed by atoms with Crippen LogP contribution in [0.5, 0.6) is 5.75 Å². The van der Waals surface area contributed by atoms with Crippen molar-refractivity contribution in [2.75, 3.05) is 6.61 Å². The topological polar surface area (TPSA) is 81.5 Å². The number of nitro groups is 1. The van der Waals surface area contributed by atoms with Crippen molar-refractivity contribution in [3.05, 3.63) is 55.2 Å². The van der Waals surface area contributed by atoms with Crippen LogP contribution in [0.15, 0.2) is 40.2 Å². The van der Waals surface area contributed by atoms with E-state index in [1.165, 1.54) is 24.3 Å². The van der Waals surface area contributed by atoms with Crippen LogP contribution in [0, 0.1) is 10.1 Å². The fraction of sp³-hybridized carbons (Fsp3) is 0.154. The largest absolute Gasteiger partial charge is 0.484 e. The summed E-state index contributed by atoms with van der Waals surface area (Å²) in [5.74, 6) is 0.160. The van der Waals surface area contributed by atoms with Gasteiger partial charge in [-0.15, -0.1) is 11.3 Å². The zero-order valence-corrected chi connectivity index (χ0v) is 13.1. The molecule has 1 aromatic carbocycles. The van der Waals surface area contributed by atoms with Gasteiger partial charge < -0.3 is 10.1 Å². The van der Waals surface area contributed by atoms with Gasteiger partial charge in [0.2, 0.25) is 0 Å². The van der Waals surface area contributed by atoms with E-state index in [1.807, 2.05) is 12.1 Å². The molecule has 2 aromatic rings. The summed E-state index contributed by atoms with van der Waals surface area (Å²) in [7, 11) is 0. The van der Waals surface area contributed by atoms with Crippen molar-refractivity contribution in [1.29, 1.82) is 0 Å². The maximum absolute atomic E-state index is 11.6. The fourth-order valence-electron chi connectivity index (χ4n) is 1.50. The Morgan fingerprint density at radius 1 is 1.29 bits per heavy atom. The monoisotopic (exact) mass is 370 g/mol. The molecule has 0 bridgehead atoms. The number of benzene rings is 1. The summed E-state index contributed by atoms with van der Waals surface area (Å²) in [6.45, 7) is 0.309. The molecule has 8 heteroatoms. The average molecular weight is 371 g/mol. The van der Waals surface area contributed by atoms with Crippen LogP contribution in [0.3, 0.4) is 0 Å². The quantitative estimate of drug-likeness (QED) is 0.625. The van der Waals surface area contributed by atoms with Gasteiger partial charge in [0.1, 0.15) is 5.75 Å². The number of hydrogen-bond donors (Lipinski definition) is 1. The van der Waals surface area contributed by atoms with E-state index in [4.69, 9.17) is 4.74 Å². The van der Waals surface area contributed by atoms with E-state index in [2.05, 4.69) is 21.2 Å². The first-order valence-electron chi connectivity index (χ1n) is 5.93. The molecule has 0 saturated heterocycles. The van der Waals surface area contributed by atoms with Gasteiger partial charge in [-0.25, -0.2) is 0 Å². The summed E-state index contributed by atoms with van der Waals surface area (Å²) >= 11 is 4.90. The van der Waals surface area contributed by atoms with Crippen LogP contribution in [0.1, 0.15) is 4.88 Å². The average Bonchev–Trinajstić information content (AvgIpc) is 2.89. The highest BCUT2D eigenvalue weighted by Gasteiger charge is 2.07. The molecular weight excluding hydrogens is 360 g/mol. The van der Waals surface area contributed by atoms with Crippen molar-refractivity contribution in [2.24, 2.45) is 0 Å². The Kier molecular flexibility index (Phi) is 5.29. The molecule has 0 fully saturated rings. The molecule has 0 spiro atoms. The summed E-state index contributed by atoms with van der Waals surface area (Å²) in [4.78, 5) is 22.7. The highest BCUT2D eigenvalue weighted by Crippen LogP contribution is 2.21. The van der Waals surface area contributed by atoms with Gasteiger partial charge in [-0.1, -0.05) is 0 Å². The lowest BCUT2D eigenvalue weighted by Crippen LogP contribution is -2.28. The Labute approximate surface area is 133 Å². The van der Waals surface area contributed by atoms with Crippen molar-refractivity contribution in [1.82, 2.24) is 5.32 Å². The standard InChI is InChI=1S/C13H11BrN2O4S/c14-12-6-5-11(21-12)7-15-13(17)8-20-10-3-1-9(2-4-10)16(18)19/h1-6H,7-8H2,(H,15,17). The minimum atomic E-state index is -0.490. The first kappa shape index (κ1) is 15.5. The van der Waals surface area contributed by atoms with Crippen LogP contribution in [-0.4, -0.2) is 17.4 Å². The lowest BCUT2D eigenvalue weighted by Gasteiger charge is -2.06. The number of carbonyl (C=O) groups is 1. The SMILES string of the molecule is O=C(COc1ccc([N+](=O)[O-])cc1)NCc1ccc(Br)s1. The van der Waals surface area contributed by atoms with Gasteiger partial charge in [0.05, 0.1) is 15.3 Å². The number of nitrogens with one attached hydrogen (secondary N) is 1. The molecule has 1 N–H and O–H groups in total. The number of amides is 1. The highest BCUT2D eigenvalue weighted by atomic mass is 79.9. The smallest absolute Gasteiger partial charge is 0.269 e. The maximum atomic E-state index is 11.6. The third-order valence-corrected chi connectivity index (χ3v) is 4.13. The molecule has 0 atom stereocenters. The molecular formula is C13H11BrN2O4S. The number of rotatable bonds is 6. The fourth-order valence-corrected chi connectivity index (χ4v) is 2.92. The number of halogens is 1. The molecule has 0 aliphatic heterocycles. The minimum absolute atomic E-state index is 0.0185. The van der Waals surface area contributed by atoms with Crippen LogP contribution in [0.4, 0.5) is 5.69 Å². The van der Waals surface area contributed by atoms with E-state index in [0.717, 1.165) is 8.66 Å². The number of nitrogens with zero attached hydrogens (tertiary/aromatic N) is 1. The summed E-state index contributed by atoms with van der Waals surface area (Å²) in [5.41, 5.74) is -0.0185. The van der Waals surface area contributed by atoms with E-state index < -0.39 is 4.92 Å². The van der Waals surface area contributed by atoms with Crippen molar-refractivity contribution in [3.8, 4) is 5.75 Å². The Bertz CT molecular complexity index is 642. The molecule has 1 heterocycles. The van der Waals surface area contributed by atoms with Gasteiger partial charge in [-0.05, 0) is 40.2 Å². The van der Waals surface area contributed by atoms with Crippen LogP contribution in [0.2, 0.25) is 0 Å². The molecule has 0 saturated carbocycles. The molecule has 1 amide bonds. The Morgan fingerprint density at radius 3 is 2.57 bits per heavy atom. The zero-order valence-electron chi connectivity index (χ0n) is 10.7. The van der Waals surface area contributed by atoms with Crippen molar-refractivity contribution in [3.63, 3.8) is 0 Å². The lowest BCUT2D eigenvalue weighted by molar-refractivity contribution is -0.384. The second kappa shape index (κ2) is 7.19. The number of carbonyl (C=O) groups excluding carboxylic acids is 1. The van der Waals surface area contributed by atoms with Gasteiger partial charge in [-0.2, -0.15) is 0 Å². The summed E-state index contributed by atoms with van der Waals surface area (Å²) in [5, 5.41) is 13.2. The molecule has 0 aliphatic carbocycles. The lowest BCUT2D eigenvalue weighted by atomic mass is 10.3. The van der Waals surface area contributed by atoms with Gasteiger partial charge >= 0.3 is 0 Å². The van der Waals surface area contributed by atoms with Gasteiger partial charge in [0.25, 0.3) is 11.6 Å². The van der Waals surface area contributed by atoms with Gasteiger partial charge in [0.15, 0.2) is 6.61 Å². The molecule has 6 nitrogen and oxygen atoms in total. The third-order valence-electron chi connectivity index (χ3n) is 2.51. The Morgan fingerprint density at radius 2 is 2.00 bits per heavy atom. The highest BCUT2D eigenvalue weighted by molar-refractivity contribution is 9.11. The molecule has 110 valence electrons. The van der Waals surface area contributed by atoms with Crippen LogP contribution >= 0.6 is 27.3 Å². The van der Waals surface area contributed by atoms with Crippen molar-refractivity contribution in [2.45, 2.75) is 6.54 Å². The second-order valence-corrected chi connectivity index (χ2v) is 6.57. The summed E-state index contributed by atoms with van der Waals surface area (Å²) in [6.07, 6.45) is 0. The molecule has 2 rings (SSSR count). The first-order chi connectivity index (χ1) is 10.0. The molecule has 0 radical (unpaired) electrons. The van der Waals surface area contributed by atoms with Crippen LogP contribution < -0.4 is 10.1 Å². The predicted molar refractivity (Wildman–Crippen MR) is 82.5 cm³/mol. The Balaban J connectivity index is 1.77. The Hall–Kier alpha value is -1.93. The zero-order chi connectivity index (χ0) is 15.2. The molecule has 0 unspecified atom stereocenters. The first-order valence-corrected chi connectivity index (χ1v) is 7.54. The minimum Gasteiger partial charge on any atom is -0.484 e. The van der Waals surface area contributed by atoms with E-state index in [9.17, 15) is 14.9 Å². The molecule has 21 heavy (non-hydrogen) atoms. The van der Waals surface area contributed by atoms with Crippen molar-refractivity contribution >= 4 is 38.9 Å². The normalized spacial score (nSPS) is 10.1. The van der Waals surface area contributed by atoms with E-state index in [1.54, 1.807) is 11.3 Å². The number of thiophene rings is 1. The van der Waals surface area contributed by atoms with E-state index in [-0.39, 0.29) is 18.2 Å². The van der Waals surface area contributed by atoms with Crippen LogP contribution in [-0.2, 0) is 11.3 Å². The number of ether oxygens (including phenoxy) is 1. The molecule has 1 aromatic heterocycles. The number of non-ortho nitro benzene ring substituents is 1. The maximum Gasteiger partial charge on any atom is 0.269 e. The predicted octanol–water partition coefficient (Wildman–Crippen LogP) is 3.11.